The van der Waals surface area contributed by atoms with Gasteiger partial charge in [-0.2, -0.15) is 0 Å². The van der Waals surface area contributed by atoms with E-state index >= 15 is 0 Å². The molecule has 5 nitrogen and oxygen atoms in total. The Morgan fingerprint density at radius 2 is 2.35 bits per heavy atom. The predicted molar refractivity (Wildman–Crippen MR) is 76.7 cm³/mol. The van der Waals surface area contributed by atoms with Crippen LogP contribution in [0, 0.1) is 0 Å². The second kappa shape index (κ2) is 6.05. The summed E-state index contributed by atoms with van der Waals surface area (Å²) in [7, 11) is 0. The summed E-state index contributed by atoms with van der Waals surface area (Å²) in [6.45, 7) is 5.49. The van der Waals surface area contributed by atoms with Crippen molar-refractivity contribution in [2.24, 2.45) is 0 Å². The average Bonchev–Trinajstić information content (AvgIpc) is 3.11. The summed E-state index contributed by atoms with van der Waals surface area (Å²) >= 11 is 0. The molecule has 1 aliphatic rings. The van der Waals surface area contributed by atoms with E-state index in [4.69, 9.17) is 4.74 Å². The predicted octanol–water partition coefficient (Wildman–Crippen LogP) is 1.57. The molecule has 0 aliphatic carbocycles. The Morgan fingerprint density at radius 3 is 3.25 bits per heavy atom. The van der Waals surface area contributed by atoms with Gasteiger partial charge >= 0.3 is 0 Å². The van der Waals surface area contributed by atoms with E-state index in [1.54, 1.807) is 0 Å². The molecule has 0 fully saturated rings. The first-order chi connectivity index (χ1) is 9.85. The van der Waals surface area contributed by atoms with E-state index in [1.807, 2.05) is 10.9 Å². The topological polar surface area (TPSA) is 52.0 Å². The third-order valence-corrected chi connectivity index (χ3v) is 3.53. The maximum atomic E-state index is 5.52. The molecule has 0 atom stereocenters. The van der Waals surface area contributed by atoms with E-state index in [1.165, 1.54) is 11.1 Å². The molecular formula is C15H20N4O. The zero-order chi connectivity index (χ0) is 13.8. The van der Waals surface area contributed by atoms with Crippen molar-refractivity contribution >= 4 is 0 Å². The second-order valence-electron chi connectivity index (χ2n) is 5.04. The number of aryl methyl sites for hydroxylation is 2. The summed E-state index contributed by atoms with van der Waals surface area (Å²) in [5.41, 5.74) is 3.65. The number of benzene rings is 1. The number of nitrogens with one attached hydrogen (secondary N) is 1. The van der Waals surface area contributed by atoms with Gasteiger partial charge in [-0.15, -0.1) is 5.10 Å². The lowest BCUT2D eigenvalue weighted by atomic mass is 10.1. The van der Waals surface area contributed by atoms with Crippen LogP contribution in [0.3, 0.4) is 0 Å². The molecule has 20 heavy (non-hydrogen) atoms. The summed E-state index contributed by atoms with van der Waals surface area (Å²) in [4.78, 5) is 0. The van der Waals surface area contributed by atoms with Gasteiger partial charge in [-0.25, -0.2) is 0 Å². The van der Waals surface area contributed by atoms with E-state index in [9.17, 15) is 0 Å². The molecule has 0 saturated heterocycles. The monoisotopic (exact) mass is 272 g/mol. The van der Waals surface area contributed by atoms with E-state index in [0.717, 1.165) is 50.5 Å². The molecule has 106 valence electrons. The lowest BCUT2D eigenvalue weighted by molar-refractivity contribution is 0.357. The molecule has 1 aromatic heterocycles. The molecule has 0 spiro atoms. The van der Waals surface area contributed by atoms with Crippen LogP contribution in [0.15, 0.2) is 24.4 Å². The molecule has 0 saturated carbocycles. The van der Waals surface area contributed by atoms with E-state index in [-0.39, 0.29) is 0 Å². The highest BCUT2D eigenvalue weighted by atomic mass is 16.5. The van der Waals surface area contributed by atoms with E-state index < -0.39 is 0 Å². The number of rotatable bonds is 6. The van der Waals surface area contributed by atoms with Gasteiger partial charge in [0, 0.05) is 25.7 Å². The molecule has 2 aromatic rings. The molecule has 0 unspecified atom stereocenters. The Bertz CT molecular complexity index is 579. The summed E-state index contributed by atoms with van der Waals surface area (Å²) in [5, 5.41) is 11.6. The maximum absolute atomic E-state index is 5.52. The quantitative estimate of drug-likeness (QED) is 0.867. The Balaban J connectivity index is 1.57. The number of hydrogen-bond donors (Lipinski definition) is 1. The van der Waals surface area contributed by atoms with Crippen molar-refractivity contribution in [2.75, 3.05) is 13.2 Å². The Labute approximate surface area is 118 Å². The van der Waals surface area contributed by atoms with Crippen LogP contribution < -0.4 is 10.1 Å². The van der Waals surface area contributed by atoms with Crippen LogP contribution in [0.5, 0.6) is 5.75 Å². The average molecular weight is 272 g/mol. The highest BCUT2D eigenvalue weighted by Crippen LogP contribution is 2.26. The number of aromatic nitrogens is 3. The normalized spacial score (nSPS) is 13.2. The van der Waals surface area contributed by atoms with Crippen molar-refractivity contribution in [3.05, 3.63) is 41.2 Å². The van der Waals surface area contributed by atoms with Crippen molar-refractivity contribution in [3.8, 4) is 5.75 Å². The van der Waals surface area contributed by atoms with E-state index in [2.05, 4.69) is 40.8 Å². The molecular weight excluding hydrogens is 252 g/mol. The van der Waals surface area contributed by atoms with Gasteiger partial charge in [-0.05, 0) is 30.2 Å². The number of fused-ring (bicyclic) bond motifs is 1. The van der Waals surface area contributed by atoms with E-state index in [0.29, 0.717) is 0 Å². The second-order valence-corrected chi connectivity index (χ2v) is 5.04. The highest BCUT2D eigenvalue weighted by Gasteiger charge is 2.11. The van der Waals surface area contributed by atoms with Crippen molar-refractivity contribution in [2.45, 2.75) is 32.9 Å². The number of nitrogens with zero attached hydrogens (tertiary/aromatic N) is 3. The van der Waals surface area contributed by atoms with Crippen LogP contribution in [0.1, 0.15) is 23.7 Å². The minimum atomic E-state index is 0.784. The smallest absolute Gasteiger partial charge is 0.122 e. The SMILES string of the molecule is CCNCc1cn(CCc2ccc3c(c2)CCO3)nn1. The fourth-order valence-corrected chi connectivity index (χ4v) is 2.42. The van der Waals surface area contributed by atoms with Gasteiger partial charge in [0.2, 0.25) is 0 Å². The fourth-order valence-electron chi connectivity index (χ4n) is 2.42. The van der Waals surface area contributed by atoms with Crippen LogP contribution in [0.4, 0.5) is 0 Å². The standard InChI is InChI=1S/C15H20N4O/c1-2-16-10-14-11-19(18-17-14)7-5-12-3-4-15-13(9-12)6-8-20-15/h3-4,9,11,16H,2,5-8,10H2,1H3. The first kappa shape index (κ1) is 13.1. The summed E-state index contributed by atoms with van der Waals surface area (Å²) in [6.07, 6.45) is 4.01. The van der Waals surface area contributed by atoms with Crippen LogP contribution in [0.2, 0.25) is 0 Å². The lowest BCUT2D eigenvalue weighted by Crippen LogP contribution is -2.11. The van der Waals surface area contributed by atoms with Crippen molar-refractivity contribution in [1.82, 2.24) is 20.3 Å². The third kappa shape index (κ3) is 2.99. The van der Waals surface area contributed by atoms with Crippen LogP contribution in [0.25, 0.3) is 0 Å². The first-order valence-electron chi connectivity index (χ1n) is 7.19. The zero-order valence-electron chi connectivity index (χ0n) is 11.8. The van der Waals surface area contributed by atoms with Gasteiger partial charge in [0.25, 0.3) is 0 Å². The molecule has 0 amide bonds. The first-order valence-corrected chi connectivity index (χ1v) is 7.19. The molecule has 5 heteroatoms. The Morgan fingerprint density at radius 1 is 1.40 bits per heavy atom. The molecule has 0 bridgehead atoms. The van der Waals surface area contributed by atoms with Crippen molar-refractivity contribution < 1.29 is 4.74 Å². The Hall–Kier alpha value is -1.88. The van der Waals surface area contributed by atoms with Crippen LogP contribution in [-0.4, -0.2) is 28.1 Å². The summed E-state index contributed by atoms with van der Waals surface area (Å²) < 4.78 is 7.44. The van der Waals surface area contributed by atoms with Gasteiger partial charge in [0.1, 0.15) is 5.75 Å². The van der Waals surface area contributed by atoms with Gasteiger partial charge < -0.3 is 10.1 Å². The van der Waals surface area contributed by atoms with Crippen molar-refractivity contribution in [1.29, 1.82) is 0 Å². The van der Waals surface area contributed by atoms with Crippen LogP contribution >= 0.6 is 0 Å². The maximum Gasteiger partial charge on any atom is 0.122 e. The van der Waals surface area contributed by atoms with Gasteiger partial charge in [0.15, 0.2) is 0 Å². The van der Waals surface area contributed by atoms with Crippen LogP contribution in [-0.2, 0) is 25.9 Å². The molecule has 1 aliphatic heterocycles. The lowest BCUT2D eigenvalue weighted by Gasteiger charge is -2.04. The Kier molecular flexibility index (Phi) is 3.97. The number of hydrogen-bond acceptors (Lipinski definition) is 4. The zero-order valence-corrected chi connectivity index (χ0v) is 11.8. The molecule has 0 radical (unpaired) electrons. The largest absolute Gasteiger partial charge is 0.493 e. The molecule has 3 rings (SSSR count). The minimum absolute atomic E-state index is 0.784. The van der Waals surface area contributed by atoms with Gasteiger partial charge in [-0.3, -0.25) is 4.68 Å². The fraction of sp³-hybridized carbons (Fsp3) is 0.467. The van der Waals surface area contributed by atoms with Gasteiger partial charge in [0.05, 0.1) is 12.3 Å². The molecule has 1 N–H and O–H groups in total. The molecule has 2 heterocycles. The third-order valence-electron chi connectivity index (χ3n) is 3.53. The van der Waals surface area contributed by atoms with Gasteiger partial charge in [-0.1, -0.05) is 24.3 Å². The minimum Gasteiger partial charge on any atom is -0.493 e. The molecule has 1 aromatic carbocycles. The summed E-state index contributed by atoms with van der Waals surface area (Å²) in [5.74, 6) is 1.04. The summed E-state index contributed by atoms with van der Waals surface area (Å²) in [6, 6.07) is 6.47. The van der Waals surface area contributed by atoms with Crippen molar-refractivity contribution in [3.63, 3.8) is 0 Å². The highest BCUT2D eigenvalue weighted by molar-refractivity contribution is 5.39. The number of ether oxygens (including phenoxy) is 1.